The summed E-state index contributed by atoms with van der Waals surface area (Å²) >= 11 is 0. The Hall–Kier alpha value is -2.78. The largest absolute Gasteiger partial charge is 0.416 e. The van der Waals surface area contributed by atoms with E-state index < -0.39 is 11.7 Å². The van der Waals surface area contributed by atoms with Crippen LogP contribution in [-0.2, 0) is 12.6 Å². The van der Waals surface area contributed by atoms with Gasteiger partial charge in [-0.2, -0.15) is 18.2 Å². The van der Waals surface area contributed by atoms with Gasteiger partial charge in [-0.3, -0.25) is 4.99 Å². The minimum Gasteiger partial charge on any atom is -0.368 e. The van der Waals surface area contributed by atoms with Crippen molar-refractivity contribution in [1.29, 1.82) is 0 Å². The number of guanidine groups is 1. The number of aliphatic imine (C=N–C) groups is 1. The molecule has 1 saturated heterocycles. The number of benzene rings is 1. The van der Waals surface area contributed by atoms with E-state index in [0.717, 1.165) is 18.4 Å². The van der Waals surface area contributed by atoms with Crippen LogP contribution in [0.25, 0.3) is 0 Å². The Bertz CT molecular complexity index is 827. The molecular weight excluding hydrogens is 385 g/mol. The summed E-state index contributed by atoms with van der Waals surface area (Å²) in [6.07, 6.45) is -2.82. The molecule has 1 aliphatic heterocycles. The fraction of sp³-hybridized carbons (Fsp3) is 0.526. The molecule has 2 heterocycles. The second kappa shape index (κ2) is 9.15. The van der Waals surface area contributed by atoms with Gasteiger partial charge in [0.25, 0.3) is 0 Å². The van der Waals surface area contributed by atoms with Gasteiger partial charge in [-0.05, 0) is 31.5 Å². The Morgan fingerprint density at radius 3 is 2.62 bits per heavy atom. The first-order chi connectivity index (χ1) is 13.9. The summed E-state index contributed by atoms with van der Waals surface area (Å²) in [4.78, 5) is 12.6. The molecule has 29 heavy (non-hydrogen) atoms. The molecule has 7 nitrogen and oxygen atoms in total. The summed E-state index contributed by atoms with van der Waals surface area (Å²) in [7, 11) is 1.73. The molecule has 158 valence electrons. The number of hydrogen-bond donors (Lipinski definition) is 1. The lowest BCUT2D eigenvalue weighted by Crippen LogP contribution is -2.52. The van der Waals surface area contributed by atoms with Crippen molar-refractivity contribution < 1.29 is 17.7 Å². The van der Waals surface area contributed by atoms with E-state index >= 15 is 0 Å². The molecular formula is C19H25F3N6O. The van der Waals surface area contributed by atoms with E-state index in [-0.39, 0.29) is 0 Å². The Kier molecular flexibility index (Phi) is 6.60. The maximum atomic E-state index is 12.9. The van der Waals surface area contributed by atoms with Crippen molar-refractivity contribution in [2.24, 2.45) is 4.99 Å². The van der Waals surface area contributed by atoms with Crippen molar-refractivity contribution in [3.63, 3.8) is 0 Å². The van der Waals surface area contributed by atoms with Crippen LogP contribution < -0.4 is 10.2 Å². The average molecular weight is 410 g/mol. The molecule has 0 aliphatic carbocycles. The maximum absolute atomic E-state index is 12.9. The van der Waals surface area contributed by atoms with Crippen LogP contribution in [0.5, 0.6) is 0 Å². The molecule has 1 aromatic carbocycles. The average Bonchev–Trinajstić information content (AvgIpc) is 3.13. The number of alkyl halides is 3. The predicted molar refractivity (Wildman–Crippen MR) is 104 cm³/mol. The van der Waals surface area contributed by atoms with Crippen molar-refractivity contribution in [1.82, 2.24) is 20.4 Å². The van der Waals surface area contributed by atoms with Gasteiger partial charge >= 0.3 is 6.18 Å². The van der Waals surface area contributed by atoms with E-state index in [4.69, 9.17) is 4.52 Å². The fourth-order valence-corrected chi connectivity index (χ4v) is 3.27. The smallest absolute Gasteiger partial charge is 0.368 e. The Morgan fingerprint density at radius 1 is 1.24 bits per heavy atom. The van der Waals surface area contributed by atoms with Gasteiger partial charge in [0.05, 0.1) is 5.56 Å². The molecule has 10 heteroatoms. The second-order valence-corrected chi connectivity index (χ2v) is 6.84. The number of halogens is 3. The molecule has 1 aromatic heterocycles. The zero-order valence-corrected chi connectivity index (χ0v) is 16.5. The lowest BCUT2D eigenvalue weighted by Gasteiger charge is -2.37. The molecule has 1 fully saturated rings. The third-order valence-electron chi connectivity index (χ3n) is 4.75. The predicted octanol–water partition coefficient (Wildman–Crippen LogP) is 2.73. The molecule has 0 spiro atoms. The Morgan fingerprint density at radius 2 is 2.00 bits per heavy atom. The Labute approximate surface area is 167 Å². The quantitative estimate of drug-likeness (QED) is 0.464. The maximum Gasteiger partial charge on any atom is 0.416 e. The van der Waals surface area contributed by atoms with E-state index in [9.17, 15) is 13.2 Å². The summed E-state index contributed by atoms with van der Waals surface area (Å²) in [5.41, 5.74) is -0.0244. The van der Waals surface area contributed by atoms with Crippen LogP contribution >= 0.6 is 0 Å². The fourth-order valence-electron chi connectivity index (χ4n) is 3.27. The molecule has 2 aromatic rings. The first-order valence-electron chi connectivity index (χ1n) is 9.54. The van der Waals surface area contributed by atoms with Gasteiger partial charge in [0, 0.05) is 51.9 Å². The molecule has 0 radical (unpaired) electrons. The standard InChI is InChI=1S/C19H25F3N6O/c1-14-25-17(29-26-14)7-4-8-24-18(23-2)28-11-9-27(10-12-28)16-6-3-5-15(13-16)19(20,21)22/h3,5-6,13H,4,7-12H2,1-2H3,(H,23,24). The molecule has 0 saturated carbocycles. The molecule has 3 rings (SSSR count). The minimum atomic E-state index is -4.33. The third kappa shape index (κ3) is 5.61. The first-order valence-corrected chi connectivity index (χ1v) is 9.54. The van der Waals surface area contributed by atoms with Crippen LogP contribution in [0.3, 0.4) is 0 Å². The molecule has 0 unspecified atom stereocenters. The van der Waals surface area contributed by atoms with Gasteiger partial charge in [-0.1, -0.05) is 11.2 Å². The number of piperazine rings is 1. The zero-order valence-electron chi connectivity index (χ0n) is 16.5. The summed E-state index contributed by atoms with van der Waals surface area (Å²) in [5.74, 6) is 2.03. The van der Waals surface area contributed by atoms with Gasteiger partial charge in [0.2, 0.25) is 5.89 Å². The number of aryl methyl sites for hydroxylation is 2. The van der Waals surface area contributed by atoms with Crippen molar-refractivity contribution in [3.05, 3.63) is 41.5 Å². The van der Waals surface area contributed by atoms with E-state index in [2.05, 4.69) is 25.3 Å². The second-order valence-electron chi connectivity index (χ2n) is 6.84. The van der Waals surface area contributed by atoms with Gasteiger partial charge < -0.3 is 19.6 Å². The van der Waals surface area contributed by atoms with Crippen LogP contribution in [0.1, 0.15) is 23.7 Å². The normalized spacial score (nSPS) is 15.7. The number of hydrogen-bond acceptors (Lipinski definition) is 5. The first kappa shape index (κ1) is 20.9. The number of nitrogens with zero attached hydrogens (tertiary/aromatic N) is 5. The highest BCUT2D eigenvalue weighted by Crippen LogP contribution is 2.31. The molecule has 1 aliphatic rings. The summed E-state index contributed by atoms with van der Waals surface area (Å²) < 4.78 is 43.9. The van der Waals surface area contributed by atoms with E-state index in [0.29, 0.717) is 56.5 Å². The Balaban J connectivity index is 1.47. The lowest BCUT2D eigenvalue weighted by molar-refractivity contribution is -0.137. The topological polar surface area (TPSA) is 69.8 Å². The molecule has 0 amide bonds. The zero-order chi connectivity index (χ0) is 20.9. The number of aromatic nitrogens is 2. The van der Waals surface area contributed by atoms with Gasteiger partial charge in [-0.15, -0.1) is 0 Å². The van der Waals surface area contributed by atoms with Crippen LogP contribution in [0, 0.1) is 6.92 Å². The van der Waals surface area contributed by atoms with Crippen molar-refractivity contribution in [2.45, 2.75) is 25.9 Å². The highest BCUT2D eigenvalue weighted by molar-refractivity contribution is 5.80. The van der Waals surface area contributed by atoms with E-state index in [1.165, 1.54) is 12.1 Å². The van der Waals surface area contributed by atoms with Crippen LogP contribution in [-0.4, -0.2) is 60.8 Å². The van der Waals surface area contributed by atoms with Gasteiger partial charge in [0.15, 0.2) is 11.8 Å². The summed E-state index contributed by atoms with van der Waals surface area (Å²) in [6, 6.07) is 5.48. The van der Waals surface area contributed by atoms with E-state index in [1.807, 2.05) is 4.90 Å². The number of nitrogens with one attached hydrogen (secondary N) is 1. The highest BCUT2D eigenvalue weighted by atomic mass is 19.4. The van der Waals surface area contributed by atoms with Crippen LogP contribution in [0.2, 0.25) is 0 Å². The van der Waals surface area contributed by atoms with Crippen LogP contribution in [0.4, 0.5) is 18.9 Å². The SMILES string of the molecule is CN=C(NCCCc1nc(C)no1)N1CCN(c2cccc(C(F)(F)F)c2)CC1. The van der Waals surface area contributed by atoms with Gasteiger partial charge in [-0.25, -0.2) is 0 Å². The number of rotatable bonds is 5. The van der Waals surface area contributed by atoms with Crippen molar-refractivity contribution in [2.75, 3.05) is 44.7 Å². The van der Waals surface area contributed by atoms with E-state index in [1.54, 1.807) is 20.0 Å². The summed E-state index contributed by atoms with van der Waals surface area (Å²) in [5, 5.41) is 7.08. The third-order valence-corrected chi connectivity index (χ3v) is 4.75. The minimum absolute atomic E-state index is 0.595. The molecule has 0 atom stereocenters. The van der Waals surface area contributed by atoms with Gasteiger partial charge in [0.1, 0.15) is 0 Å². The molecule has 0 bridgehead atoms. The lowest BCUT2D eigenvalue weighted by atomic mass is 10.1. The van der Waals surface area contributed by atoms with Crippen molar-refractivity contribution >= 4 is 11.6 Å². The highest BCUT2D eigenvalue weighted by Gasteiger charge is 2.31. The molecule has 1 N–H and O–H groups in total. The number of anilines is 1. The van der Waals surface area contributed by atoms with Crippen LogP contribution in [0.15, 0.2) is 33.8 Å². The van der Waals surface area contributed by atoms with Crippen molar-refractivity contribution in [3.8, 4) is 0 Å². The summed E-state index contributed by atoms with van der Waals surface area (Å²) in [6.45, 7) is 5.11. The monoisotopic (exact) mass is 410 g/mol.